The Labute approximate surface area is 122 Å². The fourth-order valence-corrected chi connectivity index (χ4v) is 2.84. The molecule has 0 spiro atoms. The van der Waals surface area contributed by atoms with E-state index < -0.39 is 6.10 Å². The first-order valence-electron chi connectivity index (χ1n) is 7.46. The molecule has 4 nitrogen and oxygen atoms in total. The molecule has 2 N–H and O–H groups in total. The van der Waals surface area contributed by atoms with E-state index in [1.54, 1.807) is 0 Å². The summed E-state index contributed by atoms with van der Waals surface area (Å²) in [5.41, 5.74) is 2.21. The van der Waals surface area contributed by atoms with Gasteiger partial charge >= 0.3 is 0 Å². The number of piperidine rings is 1. The molecule has 0 aromatic heterocycles. The Morgan fingerprint density at radius 3 is 2.45 bits per heavy atom. The Morgan fingerprint density at radius 1 is 1.30 bits per heavy atom. The number of aliphatic hydroxyl groups is 1. The zero-order valence-electron chi connectivity index (χ0n) is 12.8. The molecule has 0 bridgehead atoms. The predicted octanol–water partition coefficient (Wildman–Crippen LogP) is 1.47. The first kappa shape index (κ1) is 15.3. The highest BCUT2D eigenvalue weighted by Crippen LogP contribution is 2.23. The number of likely N-dealkylation sites (N-methyl/N-ethyl adjacent to an activating group) is 1. The topological polar surface area (TPSA) is 38.7 Å². The molecule has 1 fully saturated rings. The average molecular weight is 277 g/mol. The fourth-order valence-electron chi connectivity index (χ4n) is 2.84. The summed E-state index contributed by atoms with van der Waals surface area (Å²) in [5.74, 6) is 0. The van der Waals surface area contributed by atoms with Crippen LogP contribution in [-0.2, 0) is 0 Å². The standard InChI is InChI=1S/C16H27N3O/c1-17-12-16(20)13-4-6-14(7-5-13)19(3)15-8-10-18(2)11-9-15/h4-7,15-17,20H,8-12H2,1-3H3. The summed E-state index contributed by atoms with van der Waals surface area (Å²) in [6, 6.07) is 8.92. The first-order valence-corrected chi connectivity index (χ1v) is 7.46. The van der Waals surface area contributed by atoms with Crippen LogP contribution >= 0.6 is 0 Å². The molecule has 2 rings (SSSR count). The highest BCUT2D eigenvalue weighted by molar-refractivity contribution is 5.48. The largest absolute Gasteiger partial charge is 0.387 e. The van der Waals surface area contributed by atoms with E-state index in [-0.39, 0.29) is 0 Å². The number of likely N-dealkylation sites (tertiary alicyclic amines) is 1. The molecule has 112 valence electrons. The molecule has 0 radical (unpaired) electrons. The molecule has 1 heterocycles. The monoisotopic (exact) mass is 277 g/mol. The number of hydrogen-bond donors (Lipinski definition) is 2. The second-order valence-electron chi connectivity index (χ2n) is 5.81. The van der Waals surface area contributed by atoms with Gasteiger partial charge < -0.3 is 20.2 Å². The second kappa shape index (κ2) is 7.07. The van der Waals surface area contributed by atoms with E-state index in [1.807, 2.05) is 19.2 Å². The molecule has 20 heavy (non-hydrogen) atoms. The molecular formula is C16H27N3O. The Balaban J connectivity index is 1.98. The van der Waals surface area contributed by atoms with Crippen molar-refractivity contribution in [3.05, 3.63) is 29.8 Å². The normalized spacial score (nSPS) is 19.0. The van der Waals surface area contributed by atoms with Crippen molar-refractivity contribution in [2.75, 3.05) is 45.7 Å². The predicted molar refractivity (Wildman–Crippen MR) is 84.3 cm³/mol. The van der Waals surface area contributed by atoms with Crippen LogP contribution in [0, 0.1) is 0 Å². The molecule has 1 atom stereocenters. The Hall–Kier alpha value is -1.10. The van der Waals surface area contributed by atoms with Crippen LogP contribution in [0.4, 0.5) is 5.69 Å². The van der Waals surface area contributed by atoms with Crippen LogP contribution in [0.25, 0.3) is 0 Å². The Morgan fingerprint density at radius 2 is 1.90 bits per heavy atom. The highest BCUT2D eigenvalue weighted by Gasteiger charge is 2.20. The summed E-state index contributed by atoms with van der Waals surface area (Å²) < 4.78 is 0. The molecule has 1 unspecified atom stereocenters. The third-order valence-corrected chi connectivity index (χ3v) is 4.32. The van der Waals surface area contributed by atoms with Gasteiger partial charge in [0.1, 0.15) is 0 Å². The zero-order valence-corrected chi connectivity index (χ0v) is 12.8. The summed E-state index contributed by atoms with van der Waals surface area (Å²) in [5, 5.41) is 12.9. The lowest BCUT2D eigenvalue weighted by atomic mass is 10.0. The molecular weight excluding hydrogens is 250 g/mol. The third kappa shape index (κ3) is 3.72. The van der Waals surface area contributed by atoms with Crippen LogP contribution in [0.2, 0.25) is 0 Å². The third-order valence-electron chi connectivity index (χ3n) is 4.32. The van der Waals surface area contributed by atoms with Crippen molar-refractivity contribution in [3.8, 4) is 0 Å². The van der Waals surface area contributed by atoms with E-state index in [0.717, 1.165) is 5.56 Å². The minimum absolute atomic E-state index is 0.428. The zero-order chi connectivity index (χ0) is 14.5. The van der Waals surface area contributed by atoms with Crippen molar-refractivity contribution in [3.63, 3.8) is 0 Å². The molecule has 1 aliphatic heterocycles. The Kier molecular flexibility index (Phi) is 5.40. The first-order chi connectivity index (χ1) is 9.61. The van der Waals surface area contributed by atoms with Gasteiger partial charge in [-0.2, -0.15) is 0 Å². The van der Waals surface area contributed by atoms with E-state index >= 15 is 0 Å². The smallest absolute Gasteiger partial charge is 0.0914 e. The van der Waals surface area contributed by atoms with Gasteiger partial charge in [-0.3, -0.25) is 0 Å². The average Bonchev–Trinajstić information content (AvgIpc) is 2.48. The SMILES string of the molecule is CNCC(O)c1ccc(N(C)C2CCN(C)CC2)cc1. The van der Waals surface area contributed by atoms with Crippen LogP contribution in [0.1, 0.15) is 24.5 Å². The van der Waals surface area contributed by atoms with Gasteiger partial charge in [0.05, 0.1) is 6.10 Å². The molecule has 0 amide bonds. The van der Waals surface area contributed by atoms with Crippen molar-refractivity contribution in [1.82, 2.24) is 10.2 Å². The van der Waals surface area contributed by atoms with Crippen molar-refractivity contribution in [2.24, 2.45) is 0 Å². The van der Waals surface area contributed by atoms with Crippen molar-refractivity contribution in [1.29, 1.82) is 0 Å². The van der Waals surface area contributed by atoms with Crippen molar-refractivity contribution >= 4 is 5.69 Å². The summed E-state index contributed by atoms with van der Waals surface area (Å²) >= 11 is 0. The van der Waals surface area contributed by atoms with Gasteiger partial charge in [-0.25, -0.2) is 0 Å². The summed E-state index contributed by atoms with van der Waals surface area (Å²) in [7, 11) is 6.22. The molecule has 0 aliphatic carbocycles. The van der Waals surface area contributed by atoms with Crippen LogP contribution in [0.5, 0.6) is 0 Å². The number of anilines is 1. The molecule has 4 heteroatoms. The second-order valence-corrected chi connectivity index (χ2v) is 5.81. The van der Waals surface area contributed by atoms with E-state index in [0.29, 0.717) is 12.6 Å². The van der Waals surface area contributed by atoms with Gasteiger partial charge in [0.25, 0.3) is 0 Å². The lowest BCUT2D eigenvalue weighted by Gasteiger charge is -2.36. The van der Waals surface area contributed by atoms with Gasteiger partial charge in [0.2, 0.25) is 0 Å². The van der Waals surface area contributed by atoms with Gasteiger partial charge in [0, 0.05) is 25.3 Å². The highest BCUT2D eigenvalue weighted by atomic mass is 16.3. The van der Waals surface area contributed by atoms with Gasteiger partial charge in [0.15, 0.2) is 0 Å². The fraction of sp³-hybridized carbons (Fsp3) is 0.625. The van der Waals surface area contributed by atoms with Crippen LogP contribution in [0.3, 0.4) is 0 Å². The van der Waals surface area contributed by atoms with E-state index in [9.17, 15) is 5.11 Å². The number of nitrogens with one attached hydrogen (secondary N) is 1. The van der Waals surface area contributed by atoms with Crippen LogP contribution in [-0.4, -0.2) is 56.8 Å². The minimum Gasteiger partial charge on any atom is -0.387 e. The number of rotatable bonds is 5. The molecule has 1 aliphatic rings. The van der Waals surface area contributed by atoms with Crippen molar-refractivity contribution in [2.45, 2.75) is 25.0 Å². The quantitative estimate of drug-likeness (QED) is 0.855. The van der Waals surface area contributed by atoms with Crippen molar-refractivity contribution < 1.29 is 5.11 Å². The summed E-state index contributed by atoms with van der Waals surface area (Å²) in [6.07, 6.45) is 2.01. The van der Waals surface area contributed by atoms with Gasteiger partial charge in [-0.05, 0) is 57.7 Å². The molecule has 1 aromatic rings. The number of aliphatic hydroxyl groups excluding tert-OH is 1. The van der Waals surface area contributed by atoms with Crippen LogP contribution < -0.4 is 10.2 Å². The molecule has 0 saturated carbocycles. The van der Waals surface area contributed by atoms with E-state index in [4.69, 9.17) is 0 Å². The minimum atomic E-state index is -0.428. The van der Waals surface area contributed by atoms with Crippen LogP contribution in [0.15, 0.2) is 24.3 Å². The number of benzene rings is 1. The summed E-state index contributed by atoms with van der Waals surface area (Å²) in [4.78, 5) is 4.77. The number of hydrogen-bond acceptors (Lipinski definition) is 4. The molecule has 1 aromatic carbocycles. The maximum Gasteiger partial charge on any atom is 0.0914 e. The maximum absolute atomic E-state index is 9.95. The van der Waals surface area contributed by atoms with E-state index in [2.05, 4.69) is 41.3 Å². The van der Waals surface area contributed by atoms with E-state index in [1.165, 1.54) is 31.6 Å². The summed E-state index contributed by atoms with van der Waals surface area (Å²) in [6.45, 7) is 2.94. The maximum atomic E-state index is 9.95. The molecule has 1 saturated heterocycles. The van der Waals surface area contributed by atoms with Gasteiger partial charge in [-0.1, -0.05) is 12.1 Å². The Bertz CT molecular complexity index is 399. The lowest BCUT2D eigenvalue weighted by molar-refractivity contribution is 0.178. The van der Waals surface area contributed by atoms with Gasteiger partial charge in [-0.15, -0.1) is 0 Å². The lowest BCUT2D eigenvalue weighted by Crippen LogP contribution is -2.41. The number of nitrogens with zero attached hydrogens (tertiary/aromatic N) is 2.